The number of morpholine rings is 1. The first kappa shape index (κ1) is 23.2. The molecule has 0 saturated carbocycles. The molecule has 1 aliphatic heterocycles. The number of benzene rings is 1. The molecule has 3 heterocycles. The quantitative estimate of drug-likeness (QED) is 0.395. The van der Waals surface area contributed by atoms with Gasteiger partial charge in [-0.3, -0.25) is 24.4 Å². The number of pyridine rings is 2. The van der Waals surface area contributed by atoms with E-state index in [4.69, 9.17) is 9.47 Å². The maximum absolute atomic E-state index is 13.1. The third kappa shape index (κ3) is 5.18. The first-order valence-corrected chi connectivity index (χ1v) is 10.7. The molecule has 1 atom stereocenters. The van der Waals surface area contributed by atoms with Crippen LogP contribution in [-0.2, 0) is 25.5 Å². The lowest BCUT2D eigenvalue weighted by atomic mass is 10.0. The van der Waals surface area contributed by atoms with Crippen LogP contribution in [0.3, 0.4) is 0 Å². The van der Waals surface area contributed by atoms with Crippen LogP contribution >= 0.6 is 0 Å². The van der Waals surface area contributed by atoms with Crippen molar-refractivity contribution < 1.29 is 33.4 Å². The maximum Gasteiger partial charge on any atom is 0.293 e. The standard InChI is InChI=1S/C24H22FN3O6/c25-17-3-1-15(2-4-17)9-16-10-19-22(27-12-16)24(32)18(13-26-19)23(31)20(34-14-29)11-21(30)28-5-7-33-8-6-28/h1-4,10,12-14,20H,5-9,11H2,(H,26,32). The van der Waals surface area contributed by atoms with E-state index in [9.17, 15) is 23.9 Å². The minimum absolute atomic E-state index is 0.0954. The SMILES string of the molecule is O=COC(CC(=O)N1CCOCC1)C(=O)c1cnc2cc(Cc3ccc(F)cc3)cnc2c1O. The van der Waals surface area contributed by atoms with E-state index < -0.39 is 17.6 Å². The molecule has 1 aromatic carbocycles. The highest BCUT2D eigenvalue weighted by molar-refractivity contribution is 6.06. The van der Waals surface area contributed by atoms with Crippen LogP contribution in [0.25, 0.3) is 11.0 Å². The molecule has 34 heavy (non-hydrogen) atoms. The largest absolute Gasteiger partial charge is 0.505 e. The molecular weight excluding hydrogens is 445 g/mol. The first-order valence-electron chi connectivity index (χ1n) is 10.7. The molecule has 0 aliphatic carbocycles. The van der Waals surface area contributed by atoms with Crippen LogP contribution in [-0.4, -0.2) is 70.5 Å². The number of ketones is 1. The molecule has 1 unspecified atom stereocenters. The Hall–Kier alpha value is -3.92. The van der Waals surface area contributed by atoms with Crippen molar-refractivity contribution in [2.24, 2.45) is 0 Å². The number of hydrogen-bond donors (Lipinski definition) is 1. The molecule has 0 spiro atoms. The van der Waals surface area contributed by atoms with Crippen molar-refractivity contribution in [2.45, 2.75) is 18.9 Å². The molecule has 3 aromatic rings. The molecule has 2 aromatic heterocycles. The normalized spacial score (nSPS) is 14.6. The molecule has 10 heteroatoms. The highest BCUT2D eigenvalue weighted by Gasteiger charge is 2.30. The van der Waals surface area contributed by atoms with Crippen molar-refractivity contribution >= 4 is 29.2 Å². The maximum atomic E-state index is 13.1. The molecule has 0 bridgehead atoms. The van der Waals surface area contributed by atoms with Crippen LogP contribution in [0.5, 0.6) is 5.75 Å². The number of rotatable bonds is 8. The van der Waals surface area contributed by atoms with E-state index in [1.165, 1.54) is 29.4 Å². The summed E-state index contributed by atoms with van der Waals surface area (Å²) in [5, 5.41) is 10.7. The number of carbonyl (C=O) groups excluding carboxylic acids is 3. The summed E-state index contributed by atoms with van der Waals surface area (Å²) in [5.74, 6) is -1.85. The van der Waals surface area contributed by atoms with Gasteiger partial charge in [0.2, 0.25) is 11.7 Å². The van der Waals surface area contributed by atoms with Gasteiger partial charge in [0.15, 0.2) is 11.9 Å². The summed E-state index contributed by atoms with van der Waals surface area (Å²) in [7, 11) is 0. The van der Waals surface area contributed by atoms with Gasteiger partial charge in [0.05, 0.1) is 30.7 Å². The van der Waals surface area contributed by atoms with E-state index in [0.717, 1.165) is 11.1 Å². The summed E-state index contributed by atoms with van der Waals surface area (Å²) in [6.45, 7) is 1.65. The third-order valence-electron chi connectivity index (χ3n) is 5.56. The fourth-order valence-electron chi connectivity index (χ4n) is 3.76. The minimum Gasteiger partial charge on any atom is -0.505 e. The van der Waals surface area contributed by atoms with Crippen LogP contribution in [0.4, 0.5) is 4.39 Å². The number of aromatic hydroxyl groups is 1. The number of Topliss-reactive ketones (excluding diaryl/α,β-unsaturated/α-hetero) is 1. The summed E-state index contributed by atoms with van der Waals surface area (Å²) in [6, 6.07) is 7.77. The Kier molecular flexibility index (Phi) is 7.07. The molecule has 1 saturated heterocycles. The number of halogens is 1. The lowest BCUT2D eigenvalue weighted by Crippen LogP contribution is -2.43. The Labute approximate surface area is 194 Å². The zero-order chi connectivity index (χ0) is 24.1. The van der Waals surface area contributed by atoms with E-state index >= 15 is 0 Å². The zero-order valence-corrected chi connectivity index (χ0v) is 18.1. The second kappa shape index (κ2) is 10.3. The Morgan fingerprint density at radius 3 is 2.59 bits per heavy atom. The number of carbonyl (C=O) groups is 3. The molecule has 1 N–H and O–H groups in total. The lowest BCUT2D eigenvalue weighted by molar-refractivity contribution is -0.140. The Morgan fingerprint density at radius 2 is 1.88 bits per heavy atom. The Bertz CT molecular complexity index is 1210. The predicted molar refractivity (Wildman–Crippen MR) is 118 cm³/mol. The van der Waals surface area contributed by atoms with E-state index in [0.29, 0.717) is 38.2 Å². The van der Waals surface area contributed by atoms with Gasteiger partial charge in [-0.1, -0.05) is 12.1 Å². The van der Waals surface area contributed by atoms with Crippen LogP contribution in [0.2, 0.25) is 0 Å². The fraction of sp³-hybridized carbons (Fsp3) is 0.292. The average Bonchev–Trinajstić information content (AvgIpc) is 2.85. The van der Waals surface area contributed by atoms with Crippen molar-refractivity contribution in [1.82, 2.24) is 14.9 Å². The molecular formula is C24H22FN3O6. The monoisotopic (exact) mass is 467 g/mol. The molecule has 1 aliphatic rings. The third-order valence-corrected chi connectivity index (χ3v) is 5.56. The molecule has 0 radical (unpaired) electrons. The summed E-state index contributed by atoms with van der Waals surface area (Å²) in [5.41, 5.74) is 1.90. The Balaban J connectivity index is 1.55. The number of nitrogens with zero attached hydrogens (tertiary/aromatic N) is 3. The smallest absolute Gasteiger partial charge is 0.293 e. The number of amides is 1. The highest BCUT2D eigenvalue weighted by atomic mass is 19.1. The van der Waals surface area contributed by atoms with Crippen LogP contribution < -0.4 is 0 Å². The van der Waals surface area contributed by atoms with Crippen molar-refractivity contribution in [3.05, 3.63) is 65.2 Å². The number of ether oxygens (including phenoxy) is 2. The van der Waals surface area contributed by atoms with Gasteiger partial charge in [-0.25, -0.2) is 4.39 Å². The molecule has 1 fully saturated rings. The molecule has 4 rings (SSSR count). The van der Waals surface area contributed by atoms with Gasteiger partial charge in [-0.2, -0.15) is 0 Å². The van der Waals surface area contributed by atoms with E-state index in [-0.39, 0.29) is 35.7 Å². The minimum atomic E-state index is -1.41. The van der Waals surface area contributed by atoms with Gasteiger partial charge in [-0.15, -0.1) is 0 Å². The zero-order valence-electron chi connectivity index (χ0n) is 18.1. The number of hydrogen-bond acceptors (Lipinski definition) is 8. The van der Waals surface area contributed by atoms with Gasteiger partial charge in [0.25, 0.3) is 6.47 Å². The van der Waals surface area contributed by atoms with E-state index in [1.54, 1.807) is 18.2 Å². The average molecular weight is 467 g/mol. The van der Waals surface area contributed by atoms with Crippen molar-refractivity contribution in [3.8, 4) is 5.75 Å². The summed E-state index contributed by atoms with van der Waals surface area (Å²) in [4.78, 5) is 46.5. The second-order valence-electron chi connectivity index (χ2n) is 7.82. The van der Waals surface area contributed by atoms with Crippen molar-refractivity contribution in [3.63, 3.8) is 0 Å². The fourth-order valence-corrected chi connectivity index (χ4v) is 3.76. The van der Waals surface area contributed by atoms with Gasteiger partial charge in [-0.05, 0) is 35.7 Å². The van der Waals surface area contributed by atoms with E-state index in [2.05, 4.69) is 9.97 Å². The second-order valence-corrected chi connectivity index (χ2v) is 7.82. The summed E-state index contributed by atoms with van der Waals surface area (Å²) < 4.78 is 23.2. The van der Waals surface area contributed by atoms with Crippen LogP contribution in [0.15, 0.2) is 42.7 Å². The van der Waals surface area contributed by atoms with Gasteiger partial charge in [0.1, 0.15) is 11.3 Å². The molecule has 9 nitrogen and oxygen atoms in total. The van der Waals surface area contributed by atoms with Gasteiger partial charge in [0, 0.05) is 25.5 Å². The summed E-state index contributed by atoms with van der Waals surface area (Å²) in [6.07, 6.45) is 1.41. The predicted octanol–water partition coefficient (Wildman–Crippen LogP) is 2.04. The van der Waals surface area contributed by atoms with Crippen LogP contribution in [0.1, 0.15) is 27.9 Å². The van der Waals surface area contributed by atoms with Gasteiger partial charge >= 0.3 is 0 Å². The lowest BCUT2D eigenvalue weighted by Gasteiger charge is -2.28. The first-order chi connectivity index (χ1) is 16.5. The molecule has 176 valence electrons. The topological polar surface area (TPSA) is 119 Å². The number of aromatic nitrogens is 2. The van der Waals surface area contributed by atoms with Crippen LogP contribution in [0, 0.1) is 5.82 Å². The van der Waals surface area contributed by atoms with Crippen molar-refractivity contribution in [2.75, 3.05) is 26.3 Å². The number of fused-ring (bicyclic) bond motifs is 1. The molecule has 1 amide bonds. The van der Waals surface area contributed by atoms with Gasteiger partial charge < -0.3 is 19.5 Å². The summed E-state index contributed by atoms with van der Waals surface area (Å²) >= 11 is 0. The Morgan fingerprint density at radius 1 is 1.15 bits per heavy atom. The van der Waals surface area contributed by atoms with Crippen molar-refractivity contribution in [1.29, 1.82) is 0 Å². The van der Waals surface area contributed by atoms with E-state index in [1.807, 2.05) is 0 Å². The highest BCUT2D eigenvalue weighted by Crippen LogP contribution is 2.28.